The SMILES string of the molecule is Cc1ccc(S(=O)(=O)O[C@H](C)COc2cccc(Cc3ccccc3)c2)cc1. The van der Waals surface area contributed by atoms with Gasteiger partial charge in [-0.1, -0.05) is 60.2 Å². The fraction of sp³-hybridized carbons (Fsp3) is 0.217. The van der Waals surface area contributed by atoms with Crippen LogP contribution in [-0.2, 0) is 20.7 Å². The molecule has 0 unspecified atom stereocenters. The molecule has 0 aliphatic rings. The van der Waals surface area contributed by atoms with E-state index in [-0.39, 0.29) is 11.5 Å². The average Bonchev–Trinajstić information content (AvgIpc) is 2.67. The molecule has 0 N–H and O–H groups in total. The van der Waals surface area contributed by atoms with E-state index in [9.17, 15) is 8.42 Å². The highest BCUT2D eigenvalue weighted by Crippen LogP contribution is 2.19. The predicted octanol–water partition coefficient (Wildman–Crippen LogP) is 4.76. The molecule has 0 saturated heterocycles. The molecule has 0 aliphatic carbocycles. The number of aryl methyl sites for hydroxylation is 1. The molecule has 146 valence electrons. The molecule has 3 aromatic carbocycles. The van der Waals surface area contributed by atoms with Crippen molar-refractivity contribution in [3.8, 4) is 5.75 Å². The Balaban J connectivity index is 1.57. The number of ether oxygens (including phenoxy) is 1. The normalized spacial score (nSPS) is 12.5. The zero-order chi connectivity index (χ0) is 20.0. The van der Waals surface area contributed by atoms with Crippen molar-refractivity contribution in [2.75, 3.05) is 6.61 Å². The van der Waals surface area contributed by atoms with Crippen molar-refractivity contribution in [3.05, 3.63) is 95.6 Å². The molecule has 0 saturated carbocycles. The van der Waals surface area contributed by atoms with E-state index in [0.29, 0.717) is 5.75 Å². The first-order chi connectivity index (χ1) is 13.4. The molecular weight excluding hydrogens is 372 g/mol. The van der Waals surface area contributed by atoms with Gasteiger partial charge in [0.15, 0.2) is 0 Å². The topological polar surface area (TPSA) is 52.6 Å². The second-order valence-corrected chi connectivity index (χ2v) is 8.37. The lowest BCUT2D eigenvalue weighted by Crippen LogP contribution is -2.22. The highest BCUT2D eigenvalue weighted by molar-refractivity contribution is 7.86. The Kier molecular flexibility index (Phi) is 6.49. The molecule has 5 heteroatoms. The second kappa shape index (κ2) is 9.04. The quantitative estimate of drug-likeness (QED) is 0.515. The third kappa shape index (κ3) is 5.68. The van der Waals surface area contributed by atoms with Crippen LogP contribution in [0.15, 0.2) is 83.8 Å². The van der Waals surface area contributed by atoms with Crippen LogP contribution in [0.4, 0.5) is 0 Å². The predicted molar refractivity (Wildman–Crippen MR) is 110 cm³/mol. The van der Waals surface area contributed by atoms with Gasteiger partial charge in [0.25, 0.3) is 10.1 Å². The summed E-state index contributed by atoms with van der Waals surface area (Å²) in [5, 5.41) is 0. The first-order valence-electron chi connectivity index (χ1n) is 9.18. The molecule has 0 aromatic heterocycles. The van der Waals surface area contributed by atoms with Crippen molar-refractivity contribution < 1.29 is 17.3 Å². The summed E-state index contributed by atoms with van der Waals surface area (Å²) in [6.07, 6.45) is 0.204. The summed E-state index contributed by atoms with van der Waals surface area (Å²) in [4.78, 5) is 0.148. The van der Waals surface area contributed by atoms with Crippen LogP contribution >= 0.6 is 0 Å². The van der Waals surface area contributed by atoms with Crippen LogP contribution in [0, 0.1) is 6.92 Å². The molecule has 4 nitrogen and oxygen atoms in total. The minimum atomic E-state index is -3.81. The van der Waals surface area contributed by atoms with Gasteiger partial charge in [0.1, 0.15) is 18.5 Å². The van der Waals surface area contributed by atoms with Crippen LogP contribution in [0.3, 0.4) is 0 Å². The summed E-state index contributed by atoms with van der Waals surface area (Å²) in [6.45, 7) is 3.72. The molecule has 0 fully saturated rings. The van der Waals surface area contributed by atoms with E-state index in [1.54, 1.807) is 31.2 Å². The van der Waals surface area contributed by atoms with Gasteiger partial charge in [-0.3, -0.25) is 4.18 Å². The maximum absolute atomic E-state index is 12.3. The van der Waals surface area contributed by atoms with Crippen LogP contribution < -0.4 is 4.74 Å². The van der Waals surface area contributed by atoms with Gasteiger partial charge < -0.3 is 4.74 Å². The first-order valence-corrected chi connectivity index (χ1v) is 10.6. The lowest BCUT2D eigenvalue weighted by Gasteiger charge is -2.15. The number of rotatable bonds is 8. The Morgan fingerprint density at radius 2 is 1.54 bits per heavy atom. The first kappa shape index (κ1) is 20.1. The van der Waals surface area contributed by atoms with Crippen molar-refractivity contribution in [1.82, 2.24) is 0 Å². The zero-order valence-corrected chi connectivity index (χ0v) is 16.9. The van der Waals surface area contributed by atoms with Gasteiger partial charge in [-0.2, -0.15) is 8.42 Å². The number of benzene rings is 3. The third-order valence-corrected chi connectivity index (χ3v) is 5.67. The molecule has 0 aliphatic heterocycles. The third-order valence-electron chi connectivity index (χ3n) is 4.23. The summed E-state index contributed by atoms with van der Waals surface area (Å²) in [6, 6.07) is 24.6. The van der Waals surface area contributed by atoms with E-state index in [1.165, 1.54) is 5.56 Å². The van der Waals surface area contributed by atoms with Gasteiger partial charge in [-0.05, 0) is 55.7 Å². The monoisotopic (exact) mass is 396 g/mol. The van der Waals surface area contributed by atoms with Gasteiger partial charge >= 0.3 is 0 Å². The summed E-state index contributed by atoms with van der Waals surface area (Å²) in [7, 11) is -3.81. The van der Waals surface area contributed by atoms with Gasteiger partial charge in [0.2, 0.25) is 0 Å². The summed E-state index contributed by atoms with van der Waals surface area (Å²) in [5.74, 6) is 0.691. The van der Waals surface area contributed by atoms with Crippen molar-refractivity contribution in [2.24, 2.45) is 0 Å². The molecule has 28 heavy (non-hydrogen) atoms. The lowest BCUT2D eigenvalue weighted by atomic mass is 10.1. The Morgan fingerprint density at radius 1 is 0.857 bits per heavy atom. The van der Waals surface area contributed by atoms with Crippen LogP contribution in [0.5, 0.6) is 5.75 Å². The standard InChI is InChI=1S/C23H24O4S/c1-18-11-13-23(14-12-18)28(24,25)27-19(2)17-26-22-10-6-9-21(16-22)15-20-7-4-3-5-8-20/h3-14,16,19H,15,17H2,1-2H3/t19-/m1/s1. The molecule has 3 rings (SSSR count). The largest absolute Gasteiger partial charge is 0.491 e. The van der Waals surface area contributed by atoms with Gasteiger partial charge in [0.05, 0.1) is 4.90 Å². The van der Waals surface area contributed by atoms with Crippen LogP contribution in [-0.4, -0.2) is 21.1 Å². The molecule has 0 heterocycles. The van der Waals surface area contributed by atoms with E-state index in [0.717, 1.165) is 17.5 Å². The molecule has 3 aromatic rings. The molecule has 0 bridgehead atoms. The van der Waals surface area contributed by atoms with Gasteiger partial charge in [-0.15, -0.1) is 0 Å². The van der Waals surface area contributed by atoms with Gasteiger partial charge in [0, 0.05) is 0 Å². The highest BCUT2D eigenvalue weighted by atomic mass is 32.2. The van der Waals surface area contributed by atoms with E-state index in [2.05, 4.69) is 12.1 Å². The lowest BCUT2D eigenvalue weighted by molar-refractivity contribution is 0.149. The van der Waals surface area contributed by atoms with Gasteiger partial charge in [-0.25, -0.2) is 0 Å². The smallest absolute Gasteiger partial charge is 0.297 e. The fourth-order valence-electron chi connectivity index (χ4n) is 2.79. The van der Waals surface area contributed by atoms with Crippen molar-refractivity contribution in [2.45, 2.75) is 31.3 Å². The average molecular weight is 397 g/mol. The Labute approximate surface area is 166 Å². The Bertz CT molecular complexity index is 996. The van der Waals surface area contributed by atoms with Crippen LogP contribution in [0.1, 0.15) is 23.6 Å². The summed E-state index contributed by atoms with van der Waals surface area (Å²) >= 11 is 0. The summed E-state index contributed by atoms with van der Waals surface area (Å²) < 4.78 is 35.7. The van der Waals surface area contributed by atoms with Crippen LogP contribution in [0.25, 0.3) is 0 Å². The van der Waals surface area contributed by atoms with E-state index < -0.39 is 16.2 Å². The summed E-state index contributed by atoms with van der Waals surface area (Å²) in [5.41, 5.74) is 3.34. The van der Waals surface area contributed by atoms with Crippen LogP contribution in [0.2, 0.25) is 0 Å². The number of hydrogen-bond donors (Lipinski definition) is 0. The minimum absolute atomic E-state index is 0.139. The van der Waals surface area contributed by atoms with Crippen molar-refractivity contribution in [1.29, 1.82) is 0 Å². The molecule has 0 amide bonds. The molecule has 1 atom stereocenters. The highest BCUT2D eigenvalue weighted by Gasteiger charge is 2.19. The molecule has 0 radical (unpaired) electrons. The molecular formula is C23H24O4S. The Hall–Kier alpha value is -2.63. The minimum Gasteiger partial charge on any atom is -0.491 e. The maximum Gasteiger partial charge on any atom is 0.297 e. The second-order valence-electron chi connectivity index (χ2n) is 6.79. The Morgan fingerprint density at radius 3 is 2.25 bits per heavy atom. The maximum atomic E-state index is 12.3. The number of hydrogen-bond acceptors (Lipinski definition) is 4. The van der Waals surface area contributed by atoms with E-state index in [1.807, 2.05) is 49.4 Å². The fourth-order valence-corrected chi connectivity index (χ4v) is 3.86. The zero-order valence-electron chi connectivity index (χ0n) is 16.0. The molecule has 0 spiro atoms. The van der Waals surface area contributed by atoms with E-state index >= 15 is 0 Å². The van der Waals surface area contributed by atoms with Crippen molar-refractivity contribution >= 4 is 10.1 Å². The van der Waals surface area contributed by atoms with Crippen molar-refractivity contribution in [3.63, 3.8) is 0 Å². The van der Waals surface area contributed by atoms with E-state index in [4.69, 9.17) is 8.92 Å².